The number of benzene rings is 1. The Morgan fingerprint density at radius 3 is 2.75 bits per heavy atom. The van der Waals surface area contributed by atoms with Crippen LogP contribution in [0.3, 0.4) is 0 Å². The zero-order valence-electron chi connectivity index (χ0n) is 10.4. The van der Waals surface area contributed by atoms with E-state index in [4.69, 9.17) is 5.26 Å². The van der Waals surface area contributed by atoms with Gasteiger partial charge < -0.3 is 10.6 Å². The fourth-order valence-electron chi connectivity index (χ4n) is 2.07. The Morgan fingerprint density at radius 1 is 1.45 bits per heavy atom. The third-order valence-corrected chi connectivity index (χ3v) is 3.08. The number of rotatable bonds is 3. The van der Waals surface area contributed by atoms with Crippen molar-refractivity contribution in [3.63, 3.8) is 0 Å². The Kier molecular flexibility index (Phi) is 3.84. The van der Waals surface area contributed by atoms with Crippen molar-refractivity contribution in [1.82, 2.24) is 5.32 Å². The third kappa shape index (κ3) is 3.20. The molecule has 1 aromatic rings. The van der Waals surface area contributed by atoms with Gasteiger partial charge in [-0.15, -0.1) is 0 Å². The number of nitrogens with one attached hydrogen (secondary N) is 2. The Hall–Kier alpha value is -2.23. The summed E-state index contributed by atoms with van der Waals surface area (Å²) in [6.07, 6.45) is -3.39. The molecule has 1 aliphatic heterocycles. The summed E-state index contributed by atoms with van der Waals surface area (Å²) in [6.45, 7) is 0.419. The van der Waals surface area contributed by atoms with Gasteiger partial charge in [0.15, 0.2) is 0 Å². The number of hydrogen-bond donors (Lipinski definition) is 2. The minimum Gasteiger partial charge on any atom is -0.383 e. The summed E-state index contributed by atoms with van der Waals surface area (Å²) >= 11 is 0. The molecule has 1 aliphatic rings. The number of amides is 1. The van der Waals surface area contributed by atoms with Crippen LogP contribution < -0.4 is 10.6 Å². The molecule has 1 unspecified atom stereocenters. The van der Waals surface area contributed by atoms with Crippen molar-refractivity contribution >= 4 is 11.6 Å². The largest absolute Gasteiger partial charge is 0.417 e. The van der Waals surface area contributed by atoms with E-state index in [1.165, 1.54) is 12.1 Å². The summed E-state index contributed by atoms with van der Waals surface area (Å²) in [4.78, 5) is 11.0. The smallest absolute Gasteiger partial charge is 0.383 e. The second-order valence-corrected chi connectivity index (χ2v) is 4.55. The van der Waals surface area contributed by atoms with Crippen LogP contribution in [0.4, 0.5) is 18.9 Å². The Bertz CT molecular complexity index is 563. The lowest BCUT2D eigenvalue weighted by molar-refractivity contribution is -0.137. The van der Waals surface area contributed by atoms with E-state index >= 15 is 0 Å². The summed E-state index contributed by atoms with van der Waals surface area (Å²) in [5.74, 6) is -0.0260. The summed E-state index contributed by atoms with van der Waals surface area (Å²) in [7, 11) is 0. The maximum absolute atomic E-state index is 12.6. The van der Waals surface area contributed by atoms with Crippen molar-refractivity contribution < 1.29 is 18.0 Å². The zero-order chi connectivity index (χ0) is 14.8. The van der Waals surface area contributed by atoms with Crippen LogP contribution in [0.15, 0.2) is 18.2 Å². The number of anilines is 1. The molecule has 20 heavy (non-hydrogen) atoms. The van der Waals surface area contributed by atoms with Gasteiger partial charge in [0.2, 0.25) is 5.91 Å². The van der Waals surface area contributed by atoms with Gasteiger partial charge in [0.25, 0.3) is 0 Å². The lowest BCUT2D eigenvalue weighted by atomic mass is 10.1. The Labute approximate surface area is 113 Å². The minimum absolute atomic E-state index is 0.0260. The van der Waals surface area contributed by atoms with Crippen molar-refractivity contribution in [3.05, 3.63) is 29.3 Å². The molecule has 1 amide bonds. The molecular formula is C13H12F3N3O. The normalized spacial score (nSPS) is 18.5. The number of nitrogens with zero attached hydrogens (tertiary/aromatic N) is 1. The van der Waals surface area contributed by atoms with Crippen LogP contribution in [-0.2, 0) is 11.0 Å². The highest BCUT2D eigenvalue weighted by atomic mass is 19.4. The maximum atomic E-state index is 12.6. The van der Waals surface area contributed by atoms with Crippen LogP contribution in [0.2, 0.25) is 0 Å². The van der Waals surface area contributed by atoms with E-state index in [2.05, 4.69) is 10.6 Å². The maximum Gasteiger partial charge on any atom is 0.417 e. The van der Waals surface area contributed by atoms with E-state index in [1.54, 1.807) is 6.07 Å². The first kappa shape index (κ1) is 14.2. The molecule has 2 N–H and O–H groups in total. The molecule has 4 nitrogen and oxygen atoms in total. The quantitative estimate of drug-likeness (QED) is 0.894. The van der Waals surface area contributed by atoms with Gasteiger partial charge in [0.05, 0.1) is 17.2 Å². The second kappa shape index (κ2) is 5.41. The molecule has 0 saturated carbocycles. The van der Waals surface area contributed by atoms with E-state index in [9.17, 15) is 18.0 Å². The van der Waals surface area contributed by atoms with Gasteiger partial charge in [0, 0.05) is 24.7 Å². The molecule has 0 aliphatic carbocycles. The number of carbonyl (C=O) groups is 1. The molecule has 1 atom stereocenters. The van der Waals surface area contributed by atoms with Crippen molar-refractivity contribution in [1.29, 1.82) is 5.26 Å². The SMILES string of the molecule is N#Cc1cc(NCC2CCC(=O)N2)ccc1C(F)(F)F. The van der Waals surface area contributed by atoms with E-state index in [0.717, 1.165) is 6.07 Å². The van der Waals surface area contributed by atoms with Crippen LogP contribution >= 0.6 is 0 Å². The van der Waals surface area contributed by atoms with Crippen LogP contribution in [0.1, 0.15) is 24.0 Å². The van der Waals surface area contributed by atoms with Crippen molar-refractivity contribution in [2.45, 2.75) is 25.1 Å². The predicted octanol–water partition coefficient (Wildman–Crippen LogP) is 2.27. The van der Waals surface area contributed by atoms with Gasteiger partial charge in [-0.1, -0.05) is 0 Å². The lowest BCUT2D eigenvalue weighted by Gasteiger charge is -2.14. The van der Waals surface area contributed by atoms with E-state index in [-0.39, 0.29) is 11.9 Å². The molecule has 0 spiro atoms. The molecule has 0 aromatic heterocycles. The minimum atomic E-state index is -4.54. The number of carbonyl (C=O) groups excluding carboxylic acids is 1. The first-order valence-electron chi connectivity index (χ1n) is 6.04. The van der Waals surface area contributed by atoms with Gasteiger partial charge in [-0.25, -0.2) is 0 Å². The molecule has 2 rings (SSSR count). The molecule has 1 heterocycles. The monoisotopic (exact) mass is 283 g/mol. The third-order valence-electron chi connectivity index (χ3n) is 3.08. The average molecular weight is 283 g/mol. The van der Waals surface area contributed by atoms with Crippen LogP contribution in [0, 0.1) is 11.3 Å². The van der Waals surface area contributed by atoms with Gasteiger partial charge >= 0.3 is 6.18 Å². The van der Waals surface area contributed by atoms with E-state index < -0.39 is 17.3 Å². The molecule has 7 heteroatoms. The number of halogens is 3. The summed E-state index contributed by atoms with van der Waals surface area (Å²) < 4.78 is 37.9. The standard InChI is InChI=1S/C13H12F3N3O/c14-13(15,16)11-3-1-9(5-8(11)6-17)18-7-10-2-4-12(20)19-10/h1,3,5,10,18H,2,4,7H2,(H,19,20). The van der Waals surface area contributed by atoms with E-state index in [0.29, 0.717) is 25.1 Å². The van der Waals surface area contributed by atoms with Gasteiger partial charge in [0.1, 0.15) is 0 Å². The fraction of sp³-hybridized carbons (Fsp3) is 0.385. The van der Waals surface area contributed by atoms with Gasteiger partial charge in [-0.05, 0) is 24.6 Å². The molecule has 1 saturated heterocycles. The summed E-state index contributed by atoms with van der Waals surface area (Å²) in [6, 6.07) is 4.84. The van der Waals surface area contributed by atoms with E-state index in [1.807, 2.05) is 0 Å². The first-order valence-corrected chi connectivity index (χ1v) is 6.04. The van der Waals surface area contributed by atoms with Crippen molar-refractivity contribution in [3.8, 4) is 6.07 Å². The molecule has 1 aromatic carbocycles. The predicted molar refractivity (Wildman–Crippen MR) is 65.8 cm³/mol. The van der Waals surface area contributed by atoms with Crippen LogP contribution in [0.5, 0.6) is 0 Å². The Morgan fingerprint density at radius 2 is 2.20 bits per heavy atom. The molecular weight excluding hydrogens is 271 g/mol. The molecule has 1 fully saturated rings. The Balaban J connectivity index is 2.07. The average Bonchev–Trinajstić information content (AvgIpc) is 2.80. The molecule has 0 bridgehead atoms. The number of nitriles is 1. The fourth-order valence-corrected chi connectivity index (χ4v) is 2.07. The zero-order valence-corrected chi connectivity index (χ0v) is 10.4. The second-order valence-electron chi connectivity index (χ2n) is 4.55. The van der Waals surface area contributed by atoms with Crippen LogP contribution in [-0.4, -0.2) is 18.5 Å². The van der Waals surface area contributed by atoms with Crippen molar-refractivity contribution in [2.75, 3.05) is 11.9 Å². The number of hydrogen-bond acceptors (Lipinski definition) is 3. The van der Waals surface area contributed by atoms with Crippen molar-refractivity contribution in [2.24, 2.45) is 0 Å². The summed E-state index contributed by atoms with van der Waals surface area (Å²) in [5, 5.41) is 14.5. The van der Waals surface area contributed by atoms with Gasteiger partial charge in [-0.2, -0.15) is 18.4 Å². The highest BCUT2D eigenvalue weighted by Gasteiger charge is 2.33. The molecule has 0 radical (unpaired) electrons. The first-order chi connectivity index (χ1) is 9.40. The molecule has 106 valence electrons. The lowest BCUT2D eigenvalue weighted by Crippen LogP contribution is -2.31. The van der Waals surface area contributed by atoms with Crippen LogP contribution in [0.25, 0.3) is 0 Å². The highest BCUT2D eigenvalue weighted by molar-refractivity contribution is 5.78. The van der Waals surface area contributed by atoms with Gasteiger partial charge in [-0.3, -0.25) is 4.79 Å². The topological polar surface area (TPSA) is 64.9 Å². The number of alkyl halides is 3. The summed E-state index contributed by atoms with van der Waals surface area (Å²) in [5.41, 5.74) is -0.937. The highest BCUT2D eigenvalue weighted by Crippen LogP contribution is 2.33.